The second-order valence-corrected chi connectivity index (χ2v) is 3.67. The largest absolute Gasteiger partial charge is 0.347 e. The maximum absolute atomic E-state index is 11.5. The van der Waals surface area contributed by atoms with Crippen LogP contribution in [0.15, 0.2) is 30.5 Å². The summed E-state index contributed by atoms with van der Waals surface area (Å²) < 4.78 is 1.67. The second-order valence-electron chi connectivity index (χ2n) is 3.67. The minimum atomic E-state index is 0.0443. The Bertz CT molecular complexity index is 454. The highest BCUT2D eigenvalue weighted by Crippen LogP contribution is 2.10. The number of aromatic nitrogens is 2. The van der Waals surface area contributed by atoms with Gasteiger partial charge in [-0.3, -0.25) is 9.48 Å². The van der Waals surface area contributed by atoms with Gasteiger partial charge < -0.3 is 4.90 Å². The normalized spacial score (nSPS) is 10.5. The van der Waals surface area contributed by atoms with Crippen LogP contribution in [-0.2, 0) is 11.3 Å². The number of fused-ring (bicyclic) bond motifs is 1. The number of carbonyl (C=O) groups excluding carboxylic acids is 1. The average Bonchev–Trinajstić information content (AvgIpc) is 2.59. The highest BCUT2D eigenvalue weighted by atomic mass is 16.2. The quantitative estimate of drug-likeness (QED) is 0.733. The molecule has 15 heavy (non-hydrogen) atoms. The highest BCUT2D eigenvalue weighted by Gasteiger charge is 2.06. The van der Waals surface area contributed by atoms with Crippen molar-refractivity contribution in [1.29, 1.82) is 0 Å². The van der Waals surface area contributed by atoms with Crippen molar-refractivity contribution >= 4 is 16.8 Å². The minimum Gasteiger partial charge on any atom is -0.347 e. The minimum absolute atomic E-state index is 0.0443. The Balaban J connectivity index is 2.26. The SMILES string of the molecule is CN(C)C(=O)Cn1cc2ccccc2n1. The lowest BCUT2D eigenvalue weighted by molar-refractivity contribution is -0.129. The molecule has 0 saturated carbocycles. The summed E-state index contributed by atoms with van der Waals surface area (Å²) in [5.41, 5.74) is 0.920. The molecule has 4 heteroatoms. The first-order valence-corrected chi connectivity index (χ1v) is 4.79. The number of rotatable bonds is 2. The van der Waals surface area contributed by atoms with Crippen molar-refractivity contribution in [2.45, 2.75) is 6.54 Å². The van der Waals surface area contributed by atoms with Gasteiger partial charge in [-0.15, -0.1) is 0 Å². The van der Waals surface area contributed by atoms with Gasteiger partial charge in [-0.05, 0) is 6.07 Å². The number of carbonyl (C=O) groups is 1. The Morgan fingerprint density at radius 3 is 2.80 bits per heavy atom. The van der Waals surface area contributed by atoms with Crippen LogP contribution in [0.1, 0.15) is 0 Å². The van der Waals surface area contributed by atoms with Gasteiger partial charge in [0.25, 0.3) is 0 Å². The van der Waals surface area contributed by atoms with Crippen LogP contribution in [0.4, 0.5) is 0 Å². The number of hydrogen-bond acceptors (Lipinski definition) is 2. The van der Waals surface area contributed by atoms with Crippen LogP contribution in [0.5, 0.6) is 0 Å². The van der Waals surface area contributed by atoms with E-state index in [9.17, 15) is 4.79 Å². The Labute approximate surface area is 88.1 Å². The molecule has 2 rings (SSSR count). The molecule has 0 bridgehead atoms. The molecule has 0 fully saturated rings. The van der Waals surface area contributed by atoms with Gasteiger partial charge in [-0.25, -0.2) is 0 Å². The number of amides is 1. The summed E-state index contributed by atoms with van der Waals surface area (Å²) in [5.74, 6) is 0.0443. The molecule has 0 aliphatic carbocycles. The summed E-state index contributed by atoms with van der Waals surface area (Å²) in [5, 5.41) is 5.36. The smallest absolute Gasteiger partial charge is 0.243 e. The fraction of sp³-hybridized carbons (Fsp3) is 0.273. The molecule has 4 nitrogen and oxygen atoms in total. The van der Waals surface area contributed by atoms with E-state index in [1.54, 1.807) is 23.7 Å². The Morgan fingerprint density at radius 1 is 1.40 bits per heavy atom. The standard InChI is InChI=1S/C11H13N3O/c1-13(2)11(15)8-14-7-9-5-3-4-6-10(9)12-14/h3-7H,8H2,1-2H3. The summed E-state index contributed by atoms with van der Waals surface area (Å²) in [6.45, 7) is 0.293. The van der Waals surface area contributed by atoms with Crippen LogP contribution in [0.25, 0.3) is 10.9 Å². The fourth-order valence-corrected chi connectivity index (χ4v) is 1.38. The number of likely N-dealkylation sites (N-methyl/N-ethyl adjacent to an activating group) is 1. The molecule has 0 spiro atoms. The summed E-state index contributed by atoms with van der Waals surface area (Å²) in [6, 6.07) is 7.82. The molecule has 0 saturated heterocycles. The first-order chi connectivity index (χ1) is 7.16. The van der Waals surface area contributed by atoms with Gasteiger partial charge in [0.15, 0.2) is 0 Å². The zero-order valence-corrected chi connectivity index (χ0v) is 8.84. The monoisotopic (exact) mass is 203 g/mol. The van der Waals surface area contributed by atoms with Crippen LogP contribution >= 0.6 is 0 Å². The lowest BCUT2D eigenvalue weighted by atomic mass is 10.3. The predicted molar refractivity (Wildman–Crippen MR) is 58.4 cm³/mol. The van der Waals surface area contributed by atoms with Crippen molar-refractivity contribution in [3.05, 3.63) is 30.5 Å². The number of nitrogens with zero attached hydrogens (tertiary/aromatic N) is 3. The van der Waals surface area contributed by atoms with E-state index in [4.69, 9.17) is 0 Å². The Hall–Kier alpha value is -1.84. The van der Waals surface area contributed by atoms with Crippen LogP contribution < -0.4 is 0 Å². The van der Waals surface area contributed by atoms with E-state index in [-0.39, 0.29) is 5.91 Å². The topological polar surface area (TPSA) is 38.1 Å². The van der Waals surface area contributed by atoms with Gasteiger partial charge in [0, 0.05) is 25.7 Å². The van der Waals surface area contributed by atoms with E-state index in [2.05, 4.69) is 5.10 Å². The van der Waals surface area contributed by atoms with Gasteiger partial charge in [0.1, 0.15) is 6.54 Å². The zero-order chi connectivity index (χ0) is 10.8. The first-order valence-electron chi connectivity index (χ1n) is 4.79. The molecule has 1 aromatic heterocycles. The first kappa shape index (κ1) is 9.71. The molecule has 2 aromatic rings. The van der Waals surface area contributed by atoms with Crippen molar-refractivity contribution in [3.8, 4) is 0 Å². The Morgan fingerprint density at radius 2 is 2.13 bits per heavy atom. The van der Waals surface area contributed by atoms with E-state index in [1.807, 2.05) is 30.5 Å². The molecule has 0 unspecified atom stereocenters. The Kier molecular flexibility index (Phi) is 2.41. The van der Waals surface area contributed by atoms with Crippen LogP contribution in [-0.4, -0.2) is 34.7 Å². The van der Waals surface area contributed by atoms with Crippen LogP contribution in [0.2, 0.25) is 0 Å². The lowest BCUT2D eigenvalue weighted by Gasteiger charge is -2.09. The third-order valence-corrected chi connectivity index (χ3v) is 2.26. The molecule has 1 amide bonds. The maximum atomic E-state index is 11.5. The summed E-state index contributed by atoms with van der Waals surface area (Å²) in [6.07, 6.45) is 1.89. The molecular weight excluding hydrogens is 190 g/mol. The van der Waals surface area contributed by atoms with Crippen molar-refractivity contribution < 1.29 is 4.79 Å². The molecule has 0 radical (unpaired) electrons. The molecular formula is C11H13N3O. The molecule has 0 atom stereocenters. The highest BCUT2D eigenvalue weighted by molar-refractivity contribution is 5.79. The van der Waals surface area contributed by atoms with Crippen molar-refractivity contribution in [1.82, 2.24) is 14.7 Å². The van der Waals surface area contributed by atoms with E-state index in [1.165, 1.54) is 0 Å². The van der Waals surface area contributed by atoms with E-state index in [0.29, 0.717) is 6.54 Å². The summed E-state index contributed by atoms with van der Waals surface area (Å²) in [4.78, 5) is 13.0. The van der Waals surface area contributed by atoms with Gasteiger partial charge in [0.05, 0.1) is 5.52 Å². The fourth-order valence-electron chi connectivity index (χ4n) is 1.38. The second kappa shape index (κ2) is 3.73. The van der Waals surface area contributed by atoms with Gasteiger partial charge in [-0.1, -0.05) is 18.2 Å². The van der Waals surface area contributed by atoms with Crippen molar-refractivity contribution in [3.63, 3.8) is 0 Å². The molecule has 0 N–H and O–H groups in total. The van der Waals surface area contributed by atoms with Gasteiger partial charge in [0.2, 0.25) is 5.91 Å². The summed E-state index contributed by atoms with van der Waals surface area (Å²) >= 11 is 0. The average molecular weight is 203 g/mol. The third kappa shape index (κ3) is 1.98. The third-order valence-electron chi connectivity index (χ3n) is 2.26. The van der Waals surface area contributed by atoms with Gasteiger partial charge in [-0.2, -0.15) is 5.10 Å². The predicted octanol–water partition coefficient (Wildman–Crippen LogP) is 1.12. The number of benzene rings is 1. The van der Waals surface area contributed by atoms with E-state index in [0.717, 1.165) is 10.9 Å². The molecule has 0 aliphatic rings. The van der Waals surface area contributed by atoms with E-state index < -0.39 is 0 Å². The lowest BCUT2D eigenvalue weighted by Crippen LogP contribution is -2.26. The molecule has 0 aliphatic heterocycles. The van der Waals surface area contributed by atoms with E-state index >= 15 is 0 Å². The van der Waals surface area contributed by atoms with Gasteiger partial charge >= 0.3 is 0 Å². The molecule has 1 aromatic carbocycles. The van der Waals surface area contributed by atoms with Crippen molar-refractivity contribution in [2.24, 2.45) is 0 Å². The number of hydrogen-bond donors (Lipinski definition) is 0. The van der Waals surface area contributed by atoms with Crippen molar-refractivity contribution in [2.75, 3.05) is 14.1 Å². The van der Waals surface area contributed by atoms with Crippen LogP contribution in [0, 0.1) is 0 Å². The molecule has 1 heterocycles. The molecule has 78 valence electrons. The summed E-state index contributed by atoms with van der Waals surface area (Å²) in [7, 11) is 3.48. The maximum Gasteiger partial charge on any atom is 0.243 e. The van der Waals surface area contributed by atoms with Crippen LogP contribution in [0.3, 0.4) is 0 Å². The zero-order valence-electron chi connectivity index (χ0n) is 8.84.